The molecule has 2 aromatic rings. The van der Waals surface area contributed by atoms with Gasteiger partial charge in [-0.2, -0.15) is 0 Å². The zero-order valence-corrected chi connectivity index (χ0v) is 15.2. The Morgan fingerprint density at radius 1 is 1.00 bits per heavy atom. The third-order valence-corrected chi connectivity index (χ3v) is 4.16. The van der Waals surface area contributed by atoms with Crippen LogP contribution in [0.2, 0.25) is 0 Å². The maximum atomic E-state index is 12.1. The van der Waals surface area contributed by atoms with Crippen molar-refractivity contribution in [3.63, 3.8) is 0 Å². The maximum absolute atomic E-state index is 12.1. The van der Waals surface area contributed by atoms with Crippen molar-refractivity contribution in [1.29, 1.82) is 0 Å². The molecule has 0 aromatic heterocycles. The SMILES string of the molecule is CC(C)C[C@@H](O)C(=O)N[C@H](Cc1ccc(-c2ccccc2)cc1)C(N)=O. The first kappa shape index (κ1) is 19.7. The molecule has 0 bridgehead atoms. The van der Waals surface area contributed by atoms with Crippen molar-refractivity contribution >= 4 is 11.8 Å². The van der Waals surface area contributed by atoms with Crippen molar-refractivity contribution in [3.05, 3.63) is 60.2 Å². The first-order valence-corrected chi connectivity index (χ1v) is 8.79. The molecule has 5 nitrogen and oxygen atoms in total. The molecule has 2 rings (SSSR count). The van der Waals surface area contributed by atoms with Crippen LogP contribution in [0.15, 0.2) is 54.6 Å². The molecule has 2 amide bonds. The van der Waals surface area contributed by atoms with Gasteiger partial charge in [0.2, 0.25) is 11.8 Å². The molecule has 0 fully saturated rings. The molecular formula is C21H26N2O3. The molecule has 2 atom stereocenters. The van der Waals surface area contributed by atoms with E-state index in [1.807, 2.05) is 68.4 Å². The molecule has 5 heteroatoms. The fourth-order valence-electron chi connectivity index (χ4n) is 2.74. The standard InChI is InChI=1S/C21H26N2O3/c1-14(2)12-19(24)21(26)23-18(20(22)25)13-15-8-10-17(11-9-15)16-6-4-3-5-7-16/h3-11,14,18-19,24H,12-13H2,1-2H3,(H2,22,25)(H,23,26)/t18-,19-/m1/s1. The monoisotopic (exact) mass is 354 g/mol. The Morgan fingerprint density at radius 3 is 2.12 bits per heavy atom. The molecule has 2 aromatic carbocycles. The van der Waals surface area contributed by atoms with Crippen molar-refractivity contribution in [2.24, 2.45) is 11.7 Å². The number of amides is 2. The van der Waals surface area contributed by atoms with Crippen LogP contribution in [0.5, 0.6) is 0 Å². The average Bonchev–Trinajstić information content (AvgIpc) is 2.61. The summed E-state index contributed by atoms with van der Waals surface area (Å²) in [6.07, 6.45) is -0.523. The van der Waals surface area contributed by atoms with Crippen LogP contribution in [0.4, 0.5) is 0 Å². The van der Waals surface area contributed by atoms with E-state index in [1.54, 1.807) is 0 Å². The first-order chi connectivity index (χ1) is 12.4. The highest BCUT2D eigenvalue weighted by Gasteiger charge is 2.23. The quantitative estimate of drug-likeness (QED) is 0.679. The molecule has 0 aliphatic carbocycles. The number of hydrogen-bond acceptors (Lipinski definition) is 3. The topological polar surface area (TPSA) is 92.4 Å². The number of rotatable bonds is 8. The predicted octanol–water partition coefficient (Wildman–Crippen LogP) is 2.27. The summed E-state index contributed by atoms with van der Waals surface area (Å²) in [5.41, 5.74) is 8.48. The van der Waals surface area contributed by atoms with Gasteiger partial charge in [0, 0.05) is 6.42 Å². The minimum absolute atomic E-state index is 0.174. The summed E-state index contributed by atoms with van der Waals surface area (Å²) in [6.45, 7) is 3.83. The molecule has 0 spiro atoms. The Morgan fingerprint density at radius 2 is 1.58 bits per heavy atom. The number of nitrogens with one attached hydrogen (secondary N) is 1. The van der Waals surface area contributed by atoms with Crippen LogP contribution in [-0.2, 0) is 16.0 Å². The lowest BCUT2D eigenvalue weighted by atomic mass is 10.00. The largest absolute Gasteiger partial charge is 0.383 e. The van der Waals surface area contributed by atoms with Crippen molar-refractivity contribution in [2.75, 3.05) is 0 Å². The summed E-state index contributed by atoms with van der Waals surface area (Å²) in [6, 6.07) is 16.9. The maximum Gasteiger partial charge on any atom is 0.249 e. The van der Waals surface area contributed by atoms with Crippen molar-refractivity contribution in [3.8, 4) is 11.1 Å². The molecule has 0 heterocycles. The Bertz CT molecular complexity index is 727. The van der Waals surface area contributed by atoms with E-state index in [0.717, 1.165) is 16.7 Å². The van der Waals surface area contributed by atoms with Crippen LogP contribution in [0.25, 0.3) is 11.1 Å². The number of benzene rings is 2. The lowest BCUT2D eigenvalue weighted by Gasteiger charge is -2.19. The molecular weight excluding hydrogens is 328 g/mol. The third-order valence-electron chi connectivity index (χ3n) is 4.16. The minimum Gasteiger partial charge on any atom is -0.383 e. The summed E-state index contributed by atoms with van der Waals surface area (Å²) in [5, 5.41) is 12.4. The first-order valence-electron chi connectivity index (χ1n) is 8.79. The van der Waals surface area contributed by atoms with E-state index in [2.05, 4.69) is 5.32 Å². The van der Waals surface area contributed by atoms with Crippen LogP contribution in [0, 0.1) is 5.92 Å². The van der Waals surface area contributed by atoms with Gasteiger partial charge in [-0.3, -0.25) is 9.59 Å². The number of aliphatic hydroxyl groups excluding tert-OH is 1. The highest BCUT2D eigenvalue weighted by molar-refractivity contribution is 5.88. The van der Waals surface area contributed by atoms with Gasteiger partial charge in [0.05, 0.1) is 0 Å². The predicted molar refractivity (Wildman–Crippen MR) is 102 cm³/mol. The normalized spacial score (nSPS) is 13.2. The summed E-state index contributed by atoms with van der Waals surface area (Å²) in [7, 11) is 0. The molecule has 0 aliphatic heterocycles. The van der Waals surface area contributed by atoms with Crippen LogP contribution < -0.4 is 11.1 Å². The molecule has 138 valence electrons. The van der Waals surface area contributed by atoms with E-state index in [4.69, 9.17) is 5.73 Å². The second-order valence-electron chi connectivity index (χ2n) is 6.88. The van der Waals surface area contributed by atoms with E-state index in [1.165, 1.54) is 0 Å². The molecule has 0 aliphatic rings. The molecule has 26 heavy (non-hydrogen) atoms. The number of carbonyl (C=O) groups excluding carboxylic acids is 2. The van der Waals surface area contributed by atoms with E-state index in [0.29, 0.717) is 6.42 Å². The molecule has 0 saturated carbocycles. The van der Waals surface area contributed by atoms with Gasteiger partial charge in [-0.1, -0.05) is 68.4 Å². The van der Waals surface area contributed by atoms with E-state index < -0.39 is 24.0 Å². The number of nitrogens with two attached hydrogens (primary N) is 1. The van der Waals surface area contributed by atoms with Crippen LogP contribution in [0.1, 0.15) is 25.8 Å². The van der Waals surface area contributed by atoms with Gasteiger partial charge in [0.1, 0.15) is 12.1 Å². The Balaban J connectivity index is 2.03. The van der Waals surface area contributed by atoms with Gasteiger partial charge in [-0.05, 0) is 29.0 Å². The van der Waals surface area contributed by atoms with Gasteiger partial charge in [0.25, 0.3) is 0 Å². The number of primary amides is 1. The molecule has 0 unspecified atom stereocenters. The molecule has 0 saturated heterocycles. The van der Waals surface area contributed by atoms with Gasteiger partial charge in [-0.15, -0.1) is 0 Å². The minimum atomic E-state index is -1.14. The fraction of sp³-hybridized carbons (Fsp3) is 0.333. The fourth-order valence-corrected chi connectivity index (χ4v) is 2.74. The van der Waals surface area contributed by atoms with Gasteiger partial charge < -0.3 is 16.2 Å². The zero-order chi connectivity index (χ0) is 19.1. The molecule has 4 N–H and O–H groups in total. The number of aliphatic hydroxyl groups is 1. The van der Waals surface area contributed by atoms with Crippen LogP contribution >= 0.6 is 0 Å². The molecule has 0 radical (unpaired) electrons. The van der Waals surface area contributed by atoms with E-state index in [9.17, 15) is 14.7 Å². The Kier molecular flexibility index (Phi) is 6.92. The lowest BCUT2D eigenvalue weighted by Crippen LogP contribution is -2.49. The van der Waals surface area contributed by atoms with Crippen LogP contribution in [0.3, 0.4) is 0 Å². The van der Waals surface area contributed by atoms with Crippen LogP contribution in [-0.4, -0.2) is 29.1 Å². The summed E-state index contributed by atoms with van der Waals surface area (Å²) < 4.78 is 0. The van der Waals surface area contributed by atoms with Crippen molar-refractivity contribution in [2.45, 2.75) is 38.8 Å². The Labute approximate surface area is 154 Å². The number of hydrogen-bond donors (Lipinski definition) is 3. The highest BCUT2D eigenvalue weighted by Crippen LogP contribution is 2.19. The van der Waals surface area contributed by atoms with E-state index >= 15 is 0 Å². The summed E-state index contributed by atoms with van der Waals surface area (Å²) >= 11 is 0. The second-order valence-corrected chi connectivity index (χ2v) is 6.88. The summed E-state index contributed by atoms with van der Waals surface area (Å²) in [4.78, 5) is 23.8. The van der Waals surface area contributed by atoms with Crippen molar-refractivity contribution < 1.29 is 14.7 Å². The lowest BCUT2D eigenvalue weighted by molar-refractivity contribution is -0.133. The van der Waals surface area contributed by atoms with E-state index in [-0.39, 0.29) is 12.3 Å². The third kappa shape index (κ3) is 5.70. The van der Waals surface area contributed by atoms with Gasteiger partial charge in [0.15, 0.2) is 0 Å². The van der Waals surface area contributed by atoms with Gasteiger partial charge >= 0.3 is 0 Å². The Hall–Kier alpha value is -2.66. The zero-order valence-electron chi connectivity index (χ0n) is 15.2. The second kappa shape index (κ2) is 9.15. The van der Waals surface area contributed by atoms with Gasteiger partial charge in [-0.25, -0.2) is 0 Å². The van der Waals surface area contributed by atoms with Crippen molar-refractivity contribution in [1.82, 2.24) is 5.32 Å². The highest BCUT2D eigenvalue weighted by atomic mass is 16.3. The number of carbonyl (C=O) groups is 2. The summed E-state index contributed by atoms with van der Waals surface area (Å²) in [5.74, 6) is -1.01. The average molecular weight is 354 g/mol. The smallest absolute Gasteiger partial charge is 0.249 e.